The molecule has 2 heterocycles. The predicted octanol–water partition coefficient (Wildman–Crippen LogP) is 1.71. The SMILES string of the molecule is COC(=O)c1cc(C)nc(Nc2ccncc2)n1. The molecule has 0 aromatic carbocycles. The van der Waals surface area contributed by atoms with Crippen molar-refractivity contribution in [2.24, 2.45) is 0 Å². The quantitative estimate of drug-likeness (QED) is 0.828. The van der Waals surface area contributed by atoms with Crippen LogP contribution in [0.5, 0.6) is 0 Å². The van der Waals surface area contributed by atoms with E-state index in [1.165, 1.54) is 7.11 Å². The summed E-state index contributed by atoms with van der Waals surface area (Å²) in [6.45, 7) is 1.78. The lowest BCUT2D eigenvalue weighted by Gasteiger charge is -2.06. The van der Waals surface area contributed by atoms with Gasteiger partial charge in [-0.15, -0.1) is 0 Å². The summed E-state index contributed by atoms with van der Waals surface area (Å²) in [7, 11) is 1.32. The van der Waals surface area contributed by atoms with E-state index in [1.54, 1.807) is 37.5 Å². The summed E-state index contributed by atoms with van der Waals surface area (Å²) in [5.41, 5.74) is 1.70. The Morgan fingerprint density at radius 3 is 2.67 bits per heavy atom. The maximum Gasteiger partial charge on any atom is 0.356 e. The van der Waals surface area contributed by atoms with Crippen molar-refractivity contribution in [3.63, 3.8) is 0 Å². The van der Waals surface area contributed by atoms with Crippen molar-refractivity contribution in [2.45, 2.75) is 6.92 Å². The lowest BCUT2D eigenvalue weighted by Crippen LogP contribution is -2.08. The van der Waals surface area contributed by atoms with Crippen LogP contribution in [0.25, 0.3) is 0 Å². The summed E-state index contributed by atoms with van der Waals surface area (Å²) < 4.78 is 4.63. The van der Waals surface area contributed by atoms with Crippen LogP contribution < -0.4 is 5.32 Å². The first-order valence-electron chi connectivity index (χ1n) is 5.30. The van der Waals surface area contributed by atoms with Gasteiger partial charge in [0.15, 0.2) is 5.69 Å². The number of hydrogen-bond acceptors (Lipinski definition) is 6. The van der Waals surface area contributed by atoms with Gasteiger partial charge in [0.2, 0.25) is 5.95 Å². The third-order valence-corrected chi connectivity index (χ3v) is 2.19. The number of carbonyl (C=O) groups excluding carboxylic acids is 1. The molecule has 1 N–H and O–H groups in total. The number of aryl methyl sites for hydroxylation is 1. The van der Waals surface area contributed by atoms with E-state index in [1.807, 2.05) is 0 Å². The van der Waals surface area contributed by atoms with Gasteiger partial charge in [-0.3, -0.25) is 4.98 Å². The molecule has 0 saturated heterocycles. The minimum absolute atomic E-state index is 0.224. The molecule has 0 aliphatic rings. The van der Waals surface area contributed by atoms with E-state index in [2.05, 4.69) is 25.0 Å². The second-order valence-corrected chi connectivity index (χ2v) is 3.57. The van der Waals surface area contributed by atoms with Crippen LogP contribution in [0.1, 0.15) is 16.2 Å². The monoisotopic (exact) mass is 244 g/mol. The fourth-order valence-corrected chi connectivity index (χ4v) is 1.40. The number of hydrogen-bond donors (Lipinski definition) is 1. The van der Waals surface area contributed by atoms with E-state index in [9.17, 15) is 4.79 Å². The number of nitrogens with zero attached hydrogens (tertiary/aromatic N) is 3. The molecule has 0 atom stereocenters. The van der Waals surface area contributed by atoms with E-state index < -0.39 is 5.97 Å². The molecule has 0 radical (unpaired) electrons. The molecule has 0 aliphatic heterocycles. The zero-order valence-electron chi connectivity index (χ0n) is 10.0. The first-order valence-corrected chi connectivity index (χ1v) is 5.30. The fraction of sp³-hybridized carbons (Fsp3) is 0.167. The van der Waals surface area contributed by atoms with Gasteiger partial charge in [0.05, 0.1) is 7.11 Å². The Balaban J connectivity index is 2.28. The lowest BCUT2D eigenvalue weighted by molar-refractivity contribution is 0.0594. The van der Waals surface area contributed by atoms with E-state index in [0.29, 0.717) is 11.6 Å². The molecular formula is C12H12N4O2. The van der Waals surface area contributed by atoms with E-state index in [-0.39, 0.29) is 5.69 Å². The van der Waals surface area contributed by atoms with Gasteiger partial charge in [-0.05, 0) is 25.1 Å². The first kappa shape index (κ1) is 12.0. The number of carbonyl (C=O) groups is 1. The third kappa shape index (κ3) is 2.79. The number of nitrogens with one attached hydrogen (secondary N) is 1. The van der Waals surface area contributed by atoms with Gasteiger partial charge in [-0.2, -0.15) is 0 Å². The predicted molar refractivity (Wildman–Crippen MR) is 65.6 cm³/mol. The highest BCUT2D eigenvalue weighted by Gasteiger charge is 2.10. The third-order valence-electron chi connectivity index (χ3n) is 2.19. The van der Waals surface area contributed by atoms with Crippen LogP contribution in [-0.2, 0) is 4.74 Å². The van der Waals surface area contributed by atoms with Gasteiger partial charge < -0.3 is 10.1 Å². The molecule has 0 fully saturated rings. The normalized spacial score (nSPS) is 9.89. The van der Waals surface area contributed by atoms with Crippen LogP contribution >= 0.6 is 0 Å². The topological polar surface area (TPSA) is 77.0 Å². The van der Waals surface area contributed by atoms with E-state index >= 15 is 0 Å². The standard InChI is InChI=1S/C12H12N4O2/c1-8-7-10(11(17)18-2)16-12(14-8)15-9-3-5-13-6-4-9/h3-7H,1-2H3,(H,13,14,15,16). The van der Waals surface area contributed by atoms with Crippen molar-refractivity contribution < 1.29 is 9.53 Å². The van der Waals surface area contributed by atoms with Gasteiger partial charge in [-0.1, -0.05) is 0 Å². The van der Waals surface area contributed by atoms with Gasteiger partial charge in [0, 0.05) is 23.8 Å². The van der Waals surface area contributed by atoms with Crippen LogP contribution in [0.15, 0.2) is 30.6 Å². The molecule has 18 heavy (non-hydrogen) atoms. The maximum absolute atomic E-state index is 11.4. The van der Waals surface area contributed by atoms with Gasteiger partial charge in [-0.25, -0.2) is 14.8 Å². The molecule has 0 aliphatic carbocycles. The fourth-order valence-electron chi connectivity index (χ4n) is 1.40. The molecule has 92 valence electrons. The molecule has 0 spiro atoms. The highest BCUT2D eigenvalue weighted by Crippen LogP contribution is 2.12. The molecule has 0 bridgehead atoms. The Kier molecular flexibility index (Phi) is 3.47. The number of pyridine rings is 1. The van der Waals surface area contributed by atoms with Gasteiger partial charge in [0.25, 0.3) is 0 Å². The van der Waals surface area contributed by atoms with Crippen molar-refractivity contribution in [3.8, 4) is 0 Å². The zero-order chi connectivity index (χ0) is 13.0. The number of esters is 1. The zero-order valence-corrected chi connectivity index (χ0v) is 10.0. The van der Waals surface area contributed by atoms with E-state index in [4.69, 9.17) is 0 Å². The summed E-state index contributed by atoms with van der Waals surface area (Å²) in [5.74, 6) is -0.139. The Bertz CT molecular complexity index is 557. The Hall–Kier alpha value is -2.50. The molecule has 2 aromatic heterocycles. The van der Waals surface area contributed by atoms with Crippen molar-refractivity contribution in [3.05, 3.63) is 42.0 Å². The summed E-state index contributed by atoms with van der Waals surface area (Å²) in [5, 5.41) is 2.99. The van der Waals surface area contributed by atoms with Crippen LogP contribution in [-0.4, -0.2) is 28.0 Å². The Labute approximate surface area is 104 Å². The summed E-state index contributed by atoms with van der Waals surface area (Å²) >= 11 is 0. The number of anilines is 2. The molecule has 0 unspecified atom stereocenters. The number of aromatic nitrogens is 3. The maximum atomic E-state index is 11.4. The minimum Gasteiger partial charge on any atom is -0.464 e. The lowest BCUT2D eigenvalue weighted by atomic mass is 10.3. The Morgan fingerprint density at radius 2 is 2.00 bits per heavy atom. The second kappa shape index (κ2) is 5.22. The molecule has 6 nitrogen and oxygen atoms in total. The van der Waals surface area contributed by atoms with Gasteiger partial charge >= 0.3 is 5.97 Å². The average Bonchev–Trinajstić information content (AvgIpc) is 2.38. The molecule has 2 rings (SSSR count). The van der Waals surface area contributed by atoms with Gasteiger partial charge in [0.1, 0.15) is 0 Å². The summed E-state index contributed by atoms with van der Waals surface area (Å²) in [4.78, 5) is 23.6. The highest BCUT2D eigenvalue weighted by molar-refractivity contribution is 5.87. The molecule has 0 amide bonds. The molecule has 2 aromatic rings. The molecule has 0 saturated carbocycles. The number of methoxy groups -OCH3 is 1. The van der Waals surface area contributed by atoms with Crippen LogP contribution in [0, 0.1) is 6.92 Å². The van der Waals surface area contributed by atoms with Crippen LogP contribution in [0.3, 0.4) is 0 Å². The first-order chi connectivity index (χ1) is 8.69. The highest BCUT2D eigenvalue weighted by atomic mass is 16.5. The number of rotatable bonds is 3. The van der Waals surface area contributed by atoms with Crippen molar-refractivity contribution in [1.29, 1.82) is 0 Å². The second-order valence-electron chi connectivity index (χ2n) is 3.57. The van der Waals surface area contributed by atoms with Crippen molar-refractivity contribution in [1.82, 2.24) is 15.0 Å². The number of ether oxygens (including phenoxy) is 1. The van der Waals surface area contributed by atoms with Crippen molar-refractivity contribution in [2.75, 3.05) is 12.4 Å². The molecule has 6 heteroatoms. The largest absolute Gasteiger partial charge is 0.464 e. The van der Waals surface area contributed by atoms with Crippen molar-refractivity contribution >= 4 is 17.6 Å². The van der Waals surface area contributed by atoms with Crippen LogP contribution in [0.2, 0.25) is 0 Å². The van der Waals surface area contributed by atoms with E-state index in [0.717, 1.165) is 5.69 Å². The minimum atomic E-state index is -0.488. The van der Waals surface area contributed by atoms with Crippen LogP contribution in [0.4, 0.5) is 11.6 Å². The smallest absolute Gasteiger partial charge is 0.356 e. The summed E-state index contributed by atoms with van der Waals surface area (Å²) in [6, 6.07) is 5.14. The average molecular weight is 244 g/mol. The Morgan fingerprint density at radius 1 is 1.28 bits per heavy atom. The molecular weight excluding hydrogens is 232 g/mol. The summed E-state index contributed by atoms with van der Waals surface area (Å²) in [6.07, 6.45) is 3.30.